The van der Waals surface area contributed by atoms with Crippen LogP contribution in [0, 0.1) is 0 Å². The van der Waals surface area contributed by atoms with E-state index >= 15 is 0 Å². The van der Waals surface area contributed by atoms with Crippen LogP contribution in [0.2, 0.25) is 0 Å². The van der Waals surface area contributed by atoms with Gasteiger partial charge in [0.1, 0.15) is 5.75 Å². The lowest BCUT2D eigenvalue weighted by Crippen LogP contribution is -2.32. The van der Waals surface area contributed by atoms with Gasteiger partial charge in [-0.05, 0) is 48.4 Å². The maximum atomic E-state index is 12.8. The summed E-state index contributed by atoms with van der Waals surface area (Å²) < 4.78 is 31.7. The summed E-state index contributed by atoms with van der Waals surface area (Å²) in [5, 5.41) is 3.08. The lowest BCUT2D eigenvalue weighted by atomic mass is 10.00. The molecule has 6 nitrogen and oxygen atoms in total. The molecule has 1 N–H and O–H groups in total. The van der Waals surface area contributed by atoms with E-state index in [2.05, 4.69) is 21.2 Å². The van der Waals surface area contributed by atoms with Gasteiger partial charge in [0.05, 0.1) is 24.6 Å². The smallest absolute Gasteiger partial charge is 0.251 e. The first kappa shape index (κ1) is 18.3. The Morgan fingerprint density at radius 3 is 2.85 bits per heavy atom. The maximum Gasteiger partial charge on any atom is 0.251 e. The monoisotopic (exact) mass is 450 g/mol. The number of fused-ring (bicyclic) bond motifs is 2. The first-order valence-electron chi connectivity index (χ1n) is 8.67. The van der Waals surface area contributed by atoms with Crippen LogP contribution in [0.4, 0.5) is 5.69 Å². The standard InChI is InChI=1S/C19H19BrN2O4S/c1-27(24,25)22-8-6-12-10-13(2-4-17(12)22)19(23)21-16-7-9-26-18-5-3-14(20)11-15(16)18/h2-5,10-11,16H,6-9H2,1H3,(H,21,23). The van der Waals surface area contributed by atoms with E-state index in [0.29, 0.717) is 37.2 Å². The Hall–Kier alpha value is -2.06. The van der Waals surface area contributed by atoms with Crippen LogP contribution in [0.25, 0.3) is 0 Å². The second-order valence-corrected chi connectivity index (χ2v) is 9.60. The number of ether oxygens (including phenoxy) is 1. The number of halogens is 1. The van der Waals surface area contributed by atoms with Crippen LogP contribution in [-0.4, -0.2) is 33.7 Å². The molecule has 2 aliphatic heterocycles. The minimum atomic E-state index is -3.29. The van der Waals surface area contributed by atoms with Gasteiger partial charge < -0.3 is 10.1 Å². The average Bonchev–Trinajstić information content (AvgIpc) is 3.05. The minimum absolute atomic E-state index is 0.125. The van der Waals surface area contributed by atoms with Crippen molar-refractivity contribution in [1.82, 2.24) is 5.32 Å². The summed E-state index contributed by atoms with van der Waals surface area (Å²) >= 11 is 3.46. The molecule has 1 amide bonds. The summed E-state index contributed by atoms with van der Waals surface area (Å²) in [5.41, 5.74) is 3.03. The molecule has 0 fully saturated rings. The van der Waals surface area contributed by atoms with Crippen molar-refractivity contribution in [2.24, 2.45) is 0 Å². The number of hydrogen-bond donors (Lipinski definition) is 1. The van der Waals surface area contributed by atoms with Crippen molar-refractivity contribution in [3.8, 4) is 5.75 Å². The number of carbonyl (C=O) groups is 1. The highest BCUT2D eigenvalue weighted by atomic mass is 79.9. The molecule has 0 spiro atoms. The van der Waals surface area contributed by atoms with Crippen molar-refractivity contribution in [1.29, 1.82) is 0 Å². The predicted molar refractivity (Wildman–Crippen MR) is 107 cm³/mol. The predicted octanol–water partition coefficient (Wildman–Crippen LogP) is 3.02. The molecule has 0 bridgehead atoms. The van der Waals surface area contributed by atoms with E-state index < -0.39 is 10.0 Å². The van der Waals surface area contributed by atoms with Gasteiger partial charge in [0.2, 0.25) is 10.0 Å². The van der Waals surface area contributed by atoms with E-state index in [4.69, 9.17) is 4.74 Å². The number of benzene rings is 2. The molecule has 8 heteroatoms. The van der Waals surface area contributed by atoms with E-state index in [-0.39, 0.29) is 11.9 Å². The van der Waals surface area contributed by atoms with Crippen molar-refractivity contribution in [3.05, 3.63) is 57.6 Å². The minimum Gasteiger partial charge on any atom is -0.493 e. The molecule has 2 heterocycles. The van der Waals surface area contributed by atoms with E-state index in [1.807, 2.05) is 18.2 Å². The summed E-state index contributed by atoms with van der Waals surface area (Å²) in [6, 6.07) is 10.8. The van der Waals surface area contributed by atoms with Crippen molar-refractivity contribution in [3.63, 3.8) is 0 Å². The molecule has 1 unspecified atom stereocenters. The topological polar surface area (TPSA) is 75.7 Å². The quantitative estimate of drug-likeness (QED) is 0.779. The summed E-state index contributed by atoms with van der Waals surface area (Å²) in [4.78, 5) is 12.8. The highest BCUT2D eigenvalue weighted by Gasteiger charge is 2.28. The van der Waals surface area contributed by atoms with Gasteiger partial charge in [0.25, 0.3) is 5.91 Å². The van der Waals surface area contributed by atoms with Crippen LogP contribution in [0.3, 0.4) is 0 Å². The molecule has 4 rings (SSSR count). The maximum absolute atomic E-state index is 12.8. The third kappa shape index (κ3) is 3.55. The molecular formula is C19H19BrN2O4S. The Morgan fingerprint density at radius 1 is 1.26 bits per heavy atom. The van der Waals surface area contributed by atoms with Crippen molar-refractivity contribution in [2.45, 2.75) is 18.9 Å². The molecule has 2 aliphatic rings. The van der Waals surface area contributed by atoms with Crippen LogP contribution in [0.1, 0.15) is 33.9 Å². The van der Waals surface area contributed by atoms with E-state index in [0.717, 1.165) is 21.3 Å². The lowest BCUT2D eigenvalue weighted by molar-refractivity contribution is 0.0924. The first-order valence-corrected chi connectivity index (χ1v) is 11.3. The average molecular weight is 451 g/mol. The molecule has 27 heavy (non-hydrogen) atoms. The van der Waals surface area contributed by atoms with Gasteiger partial charge in [-0.2, -0.15) is 0 Å². The van der Waals surface area contributed by atoms with Crippen LogP contribution in [0.15, 0.2) is 40.9 Å². The number of nitrogens with one attached hydrogen (secondary N) is 1. The summed E-state index contributed by atoms with van der Waals surface area (Å²) in [7, 11) is -3.29. The SMILES string of the molecule is CS(=O)(=O)N1CCc2cc(C(=O)NC3CCOc4ccc(Br)cc43)ccc21. The number of sulfonamides is 1. The zero-order chi connectivity index (χ0) is 19.2. The van der Waals surface area contributed by atoms with Crippen molar-refractivity contribution >= 4 is 37.5 Å². The third-order valence-electron chi connectivity index (χ3n) is 4.91. The Morgan fingerprint density at radius 2 is 2.07 bits per heavy atom. The molecule has 0 saturated heterocycles. The summed E-state index contributed by atoms with van der Waals surface area (Å²) in [5.74, 6) is 0.612. The second-order valence-electron chi connectivity index (χ2n) is 6.77. The normalized spacial score (nSPS) is 18.4. The fourth-order valence-electron chi connectivity index (χ4n) is 3.61. The molecule has 2 aromatic carbocycles. The van der Waals surface area contributed by atoms with Gasteiger partial charge in [0, 0.05) is 28.6 Å². The van der Waals surface area contributed by atoms with Gasteiger partial charge in [-0.3, -0.25) is 9.10 Å². The van der Waals surface area contributed by atoms with Gasteiger partial charge >= 0.3 is 0 Å². The lowest BCUT2D eigenvalue weighted by Gasteiger charge is -2.27. The first-order chi connectivity index (χ1) is 12.8. The molecule has 0 saturated carbocycles. The Balaban J connectivity index is 1.57. The number of amides is 1. The molecular weight excluding hydrogens is 432 g/mol. The highest BCUT2D eigenvalue weighted by molar-refractivity contribution is 9.10. The van der Waals surface area contributed by atoms with Crippen molar-refractivity contribution in [2.75, 3.05) is 23.7 Å². The molecule has 1 atom stereocenters. The summed E-state index contributed by atoms with van der Waals surface area (Å²) in [6.45, 7) is 0.966. The van der Waals surface area contributed by atoms with E-state index in [9.17, 15) is 13.2 Å². The number of hydrogen-bond acceptors (Lipinski definition) is 4. The fourth-order valence-corrected chi connectivity index (χ4v) is 4.95. The van der Waals surface area contributed by atoms with Crippen LogP contribution in [0.5, 0.6) is 5.75 Å². The van der Waals surface area contributed by atoms with Gasteiger partial charge in [-0.15, -0.1) is 0 Å². The van der Waals surface area contributed by atoms with E-state index in [1.165, 1.54) is 10.6 Å². The molecule has 0 aliphatic carbocycles. The van der Waals surface area contributed by atoms with Gasteiger partial charge in [0.15, 0.2) is 0 Å². The molecule has 142 valence electrons. The highest BCUT2D eigenvalue weighted by Crippen LogP contribution is 2.35. The second kappa shape index (κ2) is 6.83. The summed E-state index contributed by atoms with van der Waals surface area (Å²) in [6.07, 6.45) is 2.50. The number of anilines is 1. The molecule has 0 radical (unpaired) electrons. The third-order valence-corrected chi connectivity index (χ3v) is 6.58. The molecule has 0 aromatic heterocycles. The number of nitrogens with zero attached hydrogens (tertiary/aromatic N) is 1. The van der Waals surface area contributed by atoms with Gasteiger partial charge in [-0.25, -0.2) is 8.42 Å². The zero-order valence-electron chi connectivity index (χ0n) is 14.7. The fraction of sp³-hybridized carbons (Fsp3) is 0.316. The Kier molecular flexibility index (Phi) is 4.63. The van der Waals surface area contributed by atoms with Crippen LogP contribution < -0.4 is 14.4 Å². The van der Waals surface area contributed by atoms with Crippen LogP contribution in [-0.2, 0) is 16.4 Å². The van der Waals surface area contributed by atoms with Crippen molar-refractivity contribution < 1.29 is 17.9 Å². The Bertz CT molecular complexity index is 1020. The molecule has 2 aromatic rings. The van der Waals surface area contributed by atoms with Crippen LogP contribution >= 0.6 is 15.9 Å². The Labute approximate surface area is 166 Å². The zero-order valence-corrected chi connectivity index (χ0v) is 17.1. The van der Waals surface area contributed by atoms with Gasteiger partial charge in [-0.1, -0.05) is 15.9 Å². The van der Waals surface area contributed by atoms with E-state index in [1.54, 1.807) is 18.2 Å². The number of carbonyl (C=O) groups excluding carboxylic acids is 1. The largest absolute Gasteiger partial charge is 0.493 e. The number of rotatable bonds is 3.